The molecule has 0 radical (unpaired) electrons. The van der Waals surface area contributed by atoms with Gasteiger partial charge in [-0.05, 0) is 6.92 Å². The summed E-state index contributed by atoms with van der Waals surface area (Å²) in [6.45, 7) is 2.64. The number of aryl methyl sites for hydroxylation is 2. The summed E-state index contributed by atoms with van der Waals surface area (Å²) in [5.74, 6) is 1.10. The van der Waals surface area contributed by atoms with E-state index in [9.17, 15) is 4.79 Å². The molecule has 0 aromatic carbocycles. The van der Waals surface area contributed by atoms with Gasteiger partial charge in [0, 0.05) is 39.5 Å². The summed E-state index contributed by atoms with van der Waals surface area (Å²) < 4.78 is 1.97. The number of imidazole rings is 1. The van der Waals surface area contributed by atoms with E-state index in [2.05, 4.69) is 4.98 Å². The third kappa shape index (κ3) is 2.57. The largest absolute Gasteiger partial charge is 0.349 e. The molecule has 1 heterocycles. The summed E-state index contributed by atoms with van der Waals surface area (Å²) in [5.41, 5.74) is 0. The van der Waals surface area contributed by atoms with Crippen LogP contribution in [0, 0.1) is 6.92 Å². The van der Waals surface area contributed by atoms with Crippen LogP contribution in [0.5, 0.6) is 0 Å². The Morgan fingerprint density at radius 2 is 2.31 bits per heavy atom. The van der Waals surface area contributed by atoms with Crippen molar-refractivity contribution in [2.24, 2.45) is 0 Å². The predicted octanol–water partition coefficient (Wildman–Crippen LogP) is 0.670. The SMILES string of the molecule is Cc1nccn1CCC(=O)N(C)C. The van der Waals surface area contributed by atoms with E-state index in [0.717, 1.165) is 5.82 Å². The van der Waals surface area contributed by atoms with Crippen molar-refractivity contribution < 1.29 is 4.79 Å². The van der Waals surface area contributed by atoms with Crippen molar-refractivity contribution in [3.8, 4) is 0 Å². The van der Waals surface area contributed by atoms with Crippen LogP contribution in [-0.2, 0) is 11.3 Å². The van der Waals surface area contributed by atoms with Crippen LogP contribution in [0.25, 0.3) is 0 Å². The molecular weight excluding hydrogens is 166 g/mol. The van der Waals surface area contributed by atoms with Crippen molar-refractivity contribution in [3.05, 3.63) is 18.2 Å². The maximum Gasteiger partial charge on any atom is 0.223 e. The average Bonchev–Trinajstić information content (AvgIpc) is 2.47. The molecule has 0 saturated carbocycles. The van der Waals surface area contributed by atoms with E-state index in [1.807, 2.05) is 17.7 Å². The van der Waals surface area contributed by atoms with Crippen molar-refractivity contribution >= 4 is 5.91 Å². The van der Waals surface area contributed by atoms with Crippen molar-refractivity contribution in [1.29, 1.82) is 0 Å². The molecular formula is C9H15N3O. The minimum atomic E-state index is 0.146. The Morgan fingerprint density at radius 3 is 2.77 bits per heavy atom. The number of nitrogens with zero attached hydrogens (tertiary/aromatic N) is 3. The first-order chi connectivity index (χ1) is 6.11. The highest BCUT2D eigenvalue weighted by molar-refractivity contribution is 5.75. The van der Waals surface area contributed by atoms with Gasteiger partial charge in [-0.15, -0.1) is 0 Å². The first-order valence-corrected chi connectivity index (χ1v) is 4.29. The average molecular weight is 181 g/mol. The summed E-state index contributed by atoms with van der Waals surface area (Å²) in [7, 11) is 3.53. The lowest BCUT2D eigenvalue weighted by atomic mass is 10.4. The highest BCUT2D eigenvalue weighted by atomic mass is 16.2. The normalized spacial score (nSPS) is 10.1. The minimum Gasteiger partial charge on any atom is -0.349 e. The van der Waals surface area contributed by atoms with Gasteiger partial charge in [-0.1, -0.05) is 0 Å². The van der Waals surface area contributed by atoms with Gasteiger partial charge in [-0.3, -0.25) is 4.79 Å². The molecule has 0 aliphatic rings. The first-order valence-electron chi connectivity index (χ1n) is 4.29. The Labute approximate surface area is 78.2 Å². The zero-order valence-electron chi connectivity index (χ0n) is 8.32. The molecule has 4 nitrogen and oxygen atoms in total. The van der Waals surface area contributed by atoms with E-state index in [-0.39, 0.29) is 5.91 Å². The number of amides is 1. The van der Waals surface area contributed by atoms with Gasteiger partial charge < -0.3 is 9.47 Å². The molecule has 0 N–H and O–H groups in total. The molecule has 0 unspecified atom stereocenters. The van der Waals surface area contributed by atoms with Gasteiger partial charge in [-0.2, -0.15) is 0 Å². The maximum atomic E-state index is 11.2. The van der Waals surface area contributed by atoms with Crippen molar-refractivity contribution in [1.82, 2.24) is 14.5 Å². The molecule has 13 heavy (non-hydrogen) atoms. The summed E-state index contributed by atoms with van der Waals surface area (Å²) in [6, 6.07) is 0. The van der Waals surface area contributed by atoms with Gasteiger partial charge in [0.05, 0.1) is 0 Å². The number of hydrogen-bond acceptors (Lipinski definition) is 2. The highest BCUT2D eigenvalue weighted by Crippen LogP contribution is 1.98. The number of hydrogen-bond donors (Lipinski definition) is 0. The molecule has 0 saturated heterocycles. The van der Waals surface area contributed by atoms with Crippen LogP contribution < -0.4 is 0 Å². The number of aromatic nitrogens is 2. The van der Waals surface area contributed by atoms with Gasteiger partial charge in [0.25, 0.3) is 0 Å². The quantitative estimate of drug-likeness (QED) is 0.687. The van der Waals surface area contributed by atoms with E-state index >= 15 is 0 Å². The zero-order chi connectivity index (χ0) is 9.84. The van der Waals surface area contributed by atoms with Crippen LogP contribution >= 0.6 is 0 Å². The summed E-state index contributed by atoms with van der Waals surface area (Å²) in [4.78, 5) is 16.9. The Bertz CT molecular complexity index is 291. The molecule has 1 rings (SSSR count). The maximum absolute atomic E-state index is 11.2. The molecule has 1 aromatic heterocycles. The van der Waals surface area contributed by atoms with Gasteiger partial charge in [0.1, 0.15) is 5.82 Å². The Morgan fingerprint density at radius 1 is 1.62 bits per heavy atom. The highest BCUT2D eigenvalue weighted by Gasteiger charge is 2.04. The smallest absolute Gasteiger partial charge is 0.223 e. The second-order valence-electron chi connectivity index (χ2n) is 3.21. The summed E-state index contributed by atoms with van der Waals surface area (Å²) in [5, 5.41) is 0. The molecule has 0 atom stereocenters. The molecule has 4 heteroatoms. The number of rotatable bonds is 3. The second-order valence-corrected chi connectivity index (χ2v) is 3.21. The first kappa shape index (κ1) is 9.77. The van der Waals surface area contributed by atoms with Gasteiger partial charge in [0.15, 0.2) is 0 Å². The zero-order valence-corrected chi connectivity index (χ0v) is 8.32. The topological polar surface area (TPSA) is 38.1 Å². The van der Waals surface area contributed by atoms with Gasteiger partial charge >= 0.3 is 0 Å². The minimum absolute atomic E-state index is 0.146. The van der Waals surface area contributed by atoms with E-state index in [1.54, 1.807) is 25.2 Å². The number of carbonyl (C=O) groups excluding carboxylic acids is 1. The number of carbonyl (C=O) groups is 1. The van der Waals surface area contributed by atoms with E-state index in [0.29, 0.717) is 13.0 Å². The standard InChI is InChI=1S/C9H15N3O/c1-8-10-5-7-12(8)6-4-9(13)11(2)3/h5,7H,4,6H2,1-3H3. The van der Waals surface area contributed by atoms with Crippen LogP contribution in [0.2, 0.25) is 0 Å². The predicted molar refractivity (Wildman–Crippen MR) is 50.3 cm³/mol. The fourth-order valence-corrected chi connectivity index (χ4v) is 1.08. The molecule has 1 aromatic rings. The second kappa shape index (κ2) is 4.07. The lowest BCUT2D eigenvalue weighted by Crippen LogP contribution is -2.22. The molecule has 0 aliphatic heterocycles. The van der Waals surface area contributed by atoms with Crippen LogP contribution in [0.15, 0.2) is 12.4 Å². The Hall–Kier alpha value is -1.32. The molecule has 0 spiro atoms. The van der Waals surface area contributed by atoms with Crippen LogP contribution in [0.4, 0.5) is 0 Å². The summed E-state index contributed by atoms with van der Waals surface area (Å²) in [6.07, 6.45) is 4.16. The third-order valence-corrected chi connectivity index (χ3v) is 1.99. The van der Waals surface area contributed by atoms with Crippen molar-refractivity contribution in [2.75, 3.05) is 14.1 Å². The Kier molecular flexibility index (Phi) is 3.06. The van der Waals surface area contributed by atoms with Crippen molar-refractivity contribution in [3.63, 3.8) is 0 Å². The monoisotopic (exact) mass is 181 g/mol. The summed E-state index contributed by atoms with van der Waals surface area (Å²) >= 11 is 0. The Balaban J connectivity index is 2.44. The fraction of sp³-hybridized carbons (Fsp3) is 0.556. The van der Waals surface area contributed by atoms with Crippen molar-refractivity contribution in [2.45, 2.75) is 19.9 Å². The molecule has 72 valence electrons. The van der Waals surface area contributed by atoms with E-state index in [4.69, 9.17) is 0 Å². The van der Waals surface area contributed by atoms with E-state index < -0.39 is 0 Å². The third-order valence-electron chi connectivity index (χ3n) is 1.99. The molecule has 0 aliphatic carbocycles. The molecule has 0 fully saturated rings. The molecule has 0 bridgehead atoms. The van der Waals surface area contributed by atoms with Crippen LogP contribution in [-0.4, -0.2) is 34.5 Å². The lowest BCUT2D eigenvalue weighted by molar-refractivity contribution is -0.128. The van der Waals surface area contributed by atoms with Crippen LogP contribution in [0.1, 0.15) is 12.2 Å². The van der Waals surface area contributed by atoms with Gasteiger partial charge in [-0.25, -0.2) is 4.98 Å². The van der Waals surface area contributed by atoms with Crippen LogP contribution in [0.3, 0.4) is 0 Å². The lowest BCUT2D eigenvalue weighted by Gasteiger charge is -2.10. The van der Waals surface area contributed by atoms with E-state index in [1.165, 1.54) is 0 Å². The fourth-order valence-electron chi connectivity index (χ4n) is 1.08. The van der Waals surface area contributed by atoms with Gasteiger partial charge in [0.2, 0.25) is 5.91 Å². The molecule has 1 amide bonds.